The van der Waals surface area contributed by atoms with Gasteiger partial charge in [-0.05, 0) is 44.4 Å². The second-order valence-electron chi connectivity index (χ2n) is 6.01. The molecule has 1 aliphatic rings. The molecule has 0 aliphatic carbocycles. The maximum absolute atomic E-state index is 12.7. The van der Waals surface area contributed by atoms with Crippen molar-refractivity contribution < 1.29 is 24.2 Å². The molecule has 6 nitrogen and oxygen atoms in total. The van der Waals surface area contributed by atoms with Crippen LogP contribution >= 0.6 is 0 Å². The van der Waals surface area contributed by atoms with Crippen molar-refractivity contribution in [2.75, 3.05) is 26.8 Å². The Hall–Kier alpha value is -2.08. The summed E-state index contributed by atoms with van der Waals surface area (Å²) in [6.07, 6.45) is 2.62. The molecule has 1 heterocycles. The van der Waals surface area contributed by atoms with Crippen LogP contribution in [0.2, 0.25) is 0 Å². The third-order valence-electron chi connectivity index (χ3n) is 4.27. The fraction of sp³-hybridized carbons (Fsp3) is 0.529. The predicted molar refractivity (Wildman–Crippen MR) is 84.7 cm³/mol. The van der Waals surface area contributed by atoms with E-state index in [-0.39, 0.29) is 11.5 Å². The standard InChI is InChI=1S/C17H23NO5/c1-17(22-2)7-4-9-18(10-8-17)16(21)13-5-3-6-14(11-13)23-12-15(19)20/h3,5-6,11H,4,7-10,12H2,1-2H3,(H,19,20). The van der Waals surface area contributed by atoms with E-state index >= 15 is 0 Å². The molecule has 0 saturated carbocycles. The van der Waals surface area contributed by atoms with Crippen molar-refractivity contribution >= 4 is 11.9 Å². The van der Waals surface area contributed by atoms with E-state index in [1.807, 2.05) is 4.90 Å². The number of rotatable bonds is 5. The minimum Gasteiger partial charge on any atom is -0.482 e. The quantitative estimate of drug-likeness (QED) is 0.899. The molecule has 1 aliphatic heterocycles. The summed E-state index contributed by atoms with van der Waals surface area (Å²) >= 11 is 0. The first-order valence-corrected chi connectivity index (χ1v) is 7.73. The van der Waals surface area contributed by atoms with Gasteiger partial charge >= 0.3 is 5.97 Å². The first kappa shape index (κ1) is 17.3. The Kier molecular flexibility index (Phi) is 5.60. The van der Waals surface area contributed by atoms with E-state index in [1.54, 1.807) is 31.4 Å². The van der Waals surface area contributed by atoms with E-state index < -0.39 is 12.6 Å². The smallest absolute Gasteiger partial charge is 0.341 e. The normalized spacial score (nSPS) is 21.6. The summed E-state index contributed by atoms with van der Waals surface area (Å²) in [4.78, 5) is 25.0. The number of amides is 1. The Labute approximate surface area is 136 Å². The molecule has 6 heteroatoms. The highest BCUT2D eigenvalue weighted by atomic mass is 16.5. The van der Waals surface area contributed by atoms with Crippen LogP contribution in [0, 0.1) is 0 Å². The topological polar surface area (TPSA) is 76.1 Å². The number of aliphatic carboxylic acids is 1. The summed E-state index contributed by atoms with van der Waals surface area (Å²) in [6.45, 7) is 2.98. The van der Waals surface area contributed by atoms with Gasteiger partial charge < -0.3 is 19.5 Å². The zero-order chi connectivity index (χ0) is 16.9. The van der Waals surface area contributed by atoms with E-state index in [4.69, 9.17) is 14.6 Å². The minimum atomic E-state index is -1.05. The number of carboxylic acid groups (broad SMARTS) is 1. The first-order valence-electron chi connectivity index (χ1n) is 7.73. The molecule has 0 spiro atoms. The van der Waals surface area contributed by atoms with Crippen molar-refractivity contribution in [3.63, 3.8) is 0 Å². The van der Waals surface area contributed by atoms with Crippen molar-refractivity contribution in [2.24, 2.45) is 0 Å². The van der Waals surface area contributed by atoms with Crippen molar-refractivity contribution in [1.29, 1.82) is 0 Å². The molecular formula is C17H23NO5. The van der Waals surface area contributed by atoms with Crippen LogP contribution in [0.25, 0.3) is 0 Å². The highest BCUT2D eigenvalue weighted by Crippen LogP contribution is 2.26. The fourth-order valence-corrected chi connectivity index (χ4v) is 2.71. The molecule has 1 aromatic rings. The Morgan fingerprint density at radius 2 is 2.09 bits per heavy atom. The summed E-state index contributed by atoms with van der Waals surface area (Å²) in [7, 11) is 1.71. The van der Waals surface area contributed by atoms with Gasteiger partial charge in [0.05, 0.1) is 5.60 Å². The van der Waals surface area contributed by atoms with Gasteiger partial charge in [0, 0.05) is 25.8 Å². The number of carbonyl (C=O) groups is 2. The number of hydrogen-bond donors (Lipinski definition) is 1. The average molecular weight is 321 g/mol. The largest absolute Gasteiger partial charge is 0.482 e. The Bertz CT molecular complexity index is 574. The van der Waals surface area contributed by atoms with Crippen molar-refractivity contribution in [3.05, 3.63) is 29.8 Å². The van der Waals surface area contributed by atoms with Gasteiger partial charge in [0.15, 0.2) is 6.61 Å². The molecular weight excluding hydrogens is 298 g/mol. The monoisotopic (exact) mass is 321 g/mol. The van der Waals surface area contributed by atoms with Crippen LogP contribution in [0.5, 0.6) is 5.75 Å². The van der Waals surface area contributed by atoms with Crippen LogP contribution in [0.15, 0.2) is 24.3 Å². The van der Waals surface area contributed by atoms with Crippen LogP contribution in [0.3, 0.4) is 0 Å². The van der Waals surface area contributed by atoms with Gasteiger partial charge in [-0.1, -0.05) is 6.07 Å². The molecule has 1 N–H and O–H groups in total. The van der Waals surface area contributed by atoms with Gasteiger partial charge in [0.1, 0.15) is 5.75 Å². The lowest BCUT2D eigenvalue weighted by atomic mass is 9.97. The molecule has 1 unspecified atom stereocenters. The van der Waals surface area contributed by atoms with Crippen molar-refractivity contribution in [3.8, 4) is 5.75 Å². The molecule has 0 aromatic heterocycles. The van der Waals surface area contributed by atoms with Crippen LogP contribution < -0.4 is 4.74 Å². The first-order chi connectivity index (χ1) is 10.9. The maximum atomic E-state index is 12.7. The number of nitrogens with zero attached hydrogens (tertiary/aromatic N) is 1. The summed E-state index contributed by atoms with van der Waals surface area (Å²) < 4.78 is 10.7. The summed E-state index contributed by atoms with van der Waals surface area (Å²) in [5, 5.41) is 8.65. The number of carboxylic acids is 1. The molecule has 2 rings (SSSR count). The van der Waals surface area contributed by atoms with E-state index in [0.29, 0.717) is 24.4 Å². The highest BCUT2D eigenvalue weighted by molar-refractivity contribution is 5.94. The predicted octanol–water partition coefficient (Wildman–Crippen LogP) is 2.18. The summed E-state index contributed by atoms with van der Waals surface area (Å²) in [6, 6.07) is 6.65. The van der Waals surface area contributed by atoms with E-state index in [0.717, 1.165) is 19.3 Å². The number of hydrogen-bond acceptors (Lipinski definition) is 4. The molecule has 0 radical (unpaired) electrons. The number of likely N-dealkylation sites (tertiary alicyclic amines) is 1. The Balaban J connectivity index is 2.05. The Morgan fingerprint density at radius 3 is 2.78 bits per heavy atom. The zero-order valence-corrected chi connectivity index (χ0v) is 13.6. The van der Waals surface area contributed by atoms with Gasteiger partial charge in [0.25, 0.3) is 5.91 Å². The third-order valence-corrected chi connectivity index (χ3v) is 4.27. The number of ether oxygens (including phenoxy) is 2. The fourth-order valence-electron chi connectivity index (χ4n) is 2.71. The SMILES string of the molecule is COC1(C)CCCN(C(=O)c2cccc(OCC(=O)O)c2)CC1. The molecule has 126 valence electrons. The van der Waals surface area contributed by atoms with Gasteiger partial charge in [-0.3, -0.25) is 4.79 Å². The second-order valence-corrected chi connectivity index (χ2v) is 6.01. The molecule has 1 saturated heterocycles. The molecule has 1 fully saturated rings. The summed E-state index contributed by atoms with van der Waals surface area (Å²) in [5.74, 6) is -0.728. The van der Waals surface area contributed by atoms with Crippen LogP contribution in [-0.2, 0) is 9.53 Å². The van der Waals surface area contributed by atoms with Crippen LogP contribution in [0.4, 0.5) is 0 Å². The zero-order valence-electron chi connectivity index (χ0n) is 13.6. The van der Waals surface area contributed by atoms with E-state index in [1.165, 1.54) is 0 Å². The lowest BCUT2D eigenvalue weighted by molar-refractivity contribution is -0.139. The van der Waals surface area contributed by atoms with Gasteiger partial charge in [0.2, 0.25) is 0 Å². The molecule has 1 aromatic carbocycles. The van der Waals surface area contributed by atoms with Crippen LogP contribution in [-0.4, -0.2) is 54.3 Å². The number of methoxy groups -OCH3 is 1. The van der Waals surface area contributed by atoms with Crippen LogP contribution in [0.1, 0.15) is 36.5 Å². The number of carbonyl (C=O) groups excluding carboxylic acids is 1. The second kappa shape index (κ2) is 7.46. The van der Waals surface area contributed by atoms with Crippen molar-refractivity contribution in [2.45, 2.75) is 31.8 Å². The molecule has 1 atom stereocenters. The minimum absolute atomic E-state index is 0.0638. The van der Waals surface area contributed by atoms with E-state index in [2.05, 4.69) is 6.92 Å². The average Bonchev–Trinajstić information content (AvgIpc) is 2.75. The molecule has 0 bridgehead atoms. The number of benzene rings is 1. The molecule has 1 amide bonds. The van der Waals surface area contributed by atoms with E-state index in [9.17, 15) is 9.59 Å². The maximum Gasteiger partial charge on any atom is 0.341 e. The lowest BCUT2D eigenvalue weighted by Gasteiger charge is -2.26. The van der Waals surface area contributed by atoms with Gasteiger partial charge in [-0.15, -0.1) is 0 Å². The molecule has 23 heavy (non-hydrogen) atoms. The van der Waals surface area contributed by atoms with Gasteiger partial charge in [-0.25, -0.2) is 4.79 Å². The van der Waals surface area contributed by atoms with Gasteiger partial charge in [-0.2, -0.15) is 0 Å². The summed E-state index contributed by atoms with van der Waals surface area (Å²) in [5.41, 5.74) is 0.329. The lowest BCUT2D eigenvalue weighted by Crippen LogP contribution is -2.34. The third kappa shape index (κ3) is 4.69. The highest BCUT2D eigenvalue weighted by Gasteiger charge is 2.29. The van der Waals surface area contributed by atoms with Crippen molar-refractivity contribution in [1.82, 2.24) is 4.90 Å². The Morgan fingerprint density at radius 1 is 1.30 bits per heavy atom.